The van der Waals surface area contributed by atoms with Crippen LogP contribution in [0.25, 0.3) is 0 Å². The van der Waals surface area contributed by atoms with E-state index in [-0.39, 0.29) is 12.4 Å². The average molecular weight is 273 g/mol. The molecule has 0 bridgehead atoms. The smallest absolute Gasteiger partial charge is 0.0123 e. The maximum Gasteiger partial charge on any atom is 0.0123 e. The molecule has 1 saturated carbocycles. The van der Waals surface area contributed by atoms with Gasteiger partial charge in [0.15, 0.2) is 0 Å². The van der Waals surface area contributed by atoms with E-state index < -0.39 is 0 Å². The number of rotatable bonds is 3. The minimum Gasteiger partial charge on any atom is -0.317 e. The number of halogens is 1. The molecule has 2 saturated heterocycles. The van der Waals surface area contributed by atoms with Crippen LogP contribution in [0.4, 0.5) is 0 Å². The summed E-state index contributed by atoms with van der Waals surface area (Å²) < 4.78 is 0. The molecule has 1 N–H and O–H groups in total. The van der Waals surface area contributed by atoms with Crippen molar-refractivity contribution in [3.63, 3.8) is 0 Å². The number of nitrogens with zero attached hydrogens (tertiary/aromatic N) is 1. The van der Waals surface area contributed by atoms with Gasteiger partial charge in [-0.25, -0.2) is 0 Å². The van der Waals surface area contributed by atoms with Crippen molar-refractivity contribution in [2.24, 2.45) is 11.8 Å². The third-order valence-electron chi connectivity index (χ3n) is 5.39. The molecule has 18 heavy (non-hydrogen) atoms. The Morgan fingerprint density at radius 1 is 0.944 bits per heavy atom. The first kappa shape index (κ1) is 14.6. The van der Waals surface area contributed by atoms with Crippen LogP contribution < -0.4 is 5.32 Å². The first-order chi connectivity index (χ1) is 8.43. The number of nitrogens with one attached hydrogen (secondary N) is 1. The monoisotopic (exact) mass is 272 g/mol. The summed E-state index contributed by atoms with van der Waals surface area (Å²) in [5.74, 6) is 2.08. The van der Waals surface area contributed by atoms with Crippen LogP contribution in [0.2, 0.25) is 0 Å². The second kappa shape index (κ2) is 7.12. The molecule has 2 aliphatic heterocycles. The van der Waals surface area contributed by atoms with Gasteiger partial charge in [-0.1, -0.05) is 6.42 Å². The topological polar surface area (TPSA) is 15.3 Å². The lowest BCUT2D eigenvalue weighted by Crippen LogP contribution is -2.43. The summed E-state index contributed by atoms with van der Waals surface area (Å²) in [4.78, 5) is 2.85. The Morgan fingerprint density at radius 2 is 1.72 bits per heavy atom. The fourth-order valence-corrected chi connectivity index (χ4v) is 4.35. The van der Waals surface area contributed by atoms with E-state index in [9.17, 15) is 0 Å². The second-order valence-electron chi connectivity index (χ2n) is 6.42. The Morgan fingerprint density at radius 3 is 2.56 bits per heavy atom. The van der Waals surface area contributed by atoms with Crippen molar-refractivity contribution in [1.82, 2.24) is 10.2 Å². The zero-order valence-corrected chi connectivity index (χ0v) is 12.4. The first-order valence-corrected chi connectivity index (χ1v) is 7.88. The van der Waals surface area contributed by atoms with Crippen molar-refractivity contribution < 1.29 is 0 Å². The molecule has 0 aromatic carbocycles. The molecule has 106 valence electrons. The summed E-state index contributed by atoms with van der Waals surface area (Å²) >= 11 is 0. The highest BCUT2D eigenvalue weighted by molar-refractivity contribution is 5.85. The standard InChI is InChI=1S/C15H28N2.ClH/c1-3-14-4-2-11-17(15(14)5-1)12-8-13-6-9-16-10-7-13;/h13-16H,1-12H2;1H. The number of hydrogen-bond acceptors (Lipinski definition) is 2. The molecule has 0 aromatic rings. The molecule has 3 aliphatic rings. The molecule has 3 fully saturated rings. The summed E-state index contributed by atoms with van der Waals surface area (Å²) in [6, 6.07) is 0.977. The molecule has 2 atom stereocenters. The van der Waals surface area contributed by atoms with Crippen molar-refractivity contribution in [3.05, 3.63) is 0 Å². The second-order valence-corrected chi connectivity index (χ2v) is 6.42. The fourth-order valence-electron chi connectivity index (χ4n) is 4.35. The predicted octanol–water partition coefficient (Wildman–Crippen LogP) is 3.06. The van der Waals surface area contributed by atoms with Gasteiger partial charge in [0.1, 0.15) is 0 Å². The summed E-state index contributed by atoms with van der Waals surface area (Å²) in [6.45, 7) is 5.31. The van der Waals surface area contributed by atoms with Crippen molar-refractivity contribution in [1.29, 1.82) is 0 Å². The van der Waals surface area contributed by atoms with Gasteiger partial charge in [0.25, 0.3) is 0 Å². The van der Waals surface area contributed by atoms with E-state index in [4.69, 9.17) is 0 Å². The number of likely N-dealkylation sites (tertiary alicyclic amines) is 1. The van der Waals surface area contributed by atoms with Gasteiger partial charge in [-0.2, -0.15) is 0 Å². The highest BCUT2D eigenvalue weighted by Crippen LogP contribution is 2.37. The Bertz CT molecular complexity index is 241. The molecular weight excluding hydrogens is 244 g/mol. The van der Waals surface area contributed by atoms with E-state index in [1.54, 1.807) is 0 Å². The summed E-state index contributed by atoms with van der Waals surface area (Å²) in [7, 11) is 0. The maximum atomic E-state index is 3.48. The number of hydrogen-bond donors (Lipinski definition) is 1. The van der Waals surface area contributed by atoms with Gasteiger partial charge in [0.05, 0.1) is 0 Å². The van der Waals surface area contributed by atoms with Gasteiger partial charge in [-0.05, 0) is 83.0 Å². The van der Waals surface area contributed by atoms with Gasteiger partial charge in [-0.15, -0.1) is 12.4 Å². The van der Waals surface area contributed by atoms with Gasteiger partial charge in [0, 0.05) is 6.04 Å². The van der Waals surface area contributed by atoms with Crippen LogP contribution in [0, 0.1) is 11.8 Å². The van der Waals surface area contributed by atoms with E-state index in [1.165, 1.54) is 77.5 Å². The molecule has 1 aliphatic carbocycles. The fraction of sp³-hybridized carbons (Fsp3) is 1.00. The molecule has 2 nitrogen and oxygen atoms in total. The zero-order chi connectivity index (χ0) is 11.5. The van der Waals surface area contributed by atoms with Crippen LogP contribution in [-0.4, -0.2) is 37.1 Å². The minimum atomic E-state index is 0. The number of fused-ring (bicyclic) bond motifs is 1. The molecule has 2 unspecified atom stereocenters. The lowest BCUT2D eigenvalue weighted by molar-refractivity contribution is 0.103. The summed E-state index contributed by atoms with van der Waals surface area (Å²) in [5.41, 5.74) is 0. The molecule has 0 aromatic heterocycles. The van der Waals surface area contributed by atoms with E-state index in [0.717, 1.165) is 17.9 Å². The SMILES string of the molecule is C1CC2CCCN(CCC3CCNCC3)C2C1.Cl. The Kier molecular flexibility index (Phi) is 5.78. The Hall–Kier alpha value is 0.210. The van der Waals surface area contributed by atoms with Crippen LogP contribution in [-0.2, 0) is 0 Å². The van der Waals surface area contributed by atoms with E-state index in [0.29, 0.717) is 0 Å². The van der Waals surface area contributed by atoms with Crippen LogP contribution >= 0.6 is 12.4 Å². The van der Waals surface area contributed by atoms with Crippen LogP contribution in [0.5, 0.6) is 0 Å². The van der Waals surface area contributed by atoms with Crippen LogP contribution in [0.1, 0.15) is 51.4 Å². The lowest BCUT2D eigenvalue weighted by Gasteiger charge is -2.38. The largest absolute Gasteiger partial charge is 0.317 e. The highest BCUT2D eigenvalue weighted by Gasteiger charge is 2.34. The zero-order valence-electron chi connectivity index (χ0n) is 11.6. The molecule has 0 spiro atoms. The third kappa shape index (κ3) is 3.40. The van der Waals surface area contributed by atoms with Gasteiger partial charge < -0.3 is 10.2 Å². The minimum absolute atomic E-state index is 0. The first-order valence-electron chi connectivity index (χ1n) is 7.88. The normalized spacial score (nSPS) is 34.0. The molecular formula is C15H29ClN2. The Balaban J connectivity index is 0.00000120. The van der Waals surface area contributed by atoms with Gasteiger partial charge in [0.2, 0.25) is 0 Å². The Labute approximate surface area is 118 Å². The van der Waals surface area contributed by atoms with E-state index in [2.05, 4.69) is 10.2 Å². The maximum absolute atomic E-state index is 3.48. The van der Waals surface area contributed by atoms with Crippen LogP contribution in [0.3, 0.4) is 0 Å². The van der Waals surface area contributed by atoms with E-state index >= 15 is 0 Å². The van der Waals surface area contributed by atoms with Gasteiger partial charge in [-0.3, -0.25) is 0 Å². The average Bonchev–Trinajstić information content (AvgIpc) is 2.86. The van der Waals surface area contributed by atoms with Gasteiger partial charge >= 0.3 is 0 Å². The predicted molar refractivity (Wildman–Crippen MR) is 79.4 cm³/mol. The van der Waals surface area contributed by atoms with Crippen LogP contribution in [0.15, 0.2) is 0 Å². The molecule has 0 amide bonds. The summed E-state index contributed by atoms with van der Waals surface area (Å²) in [6.07, 6.45) is 11.8. The molecule has 0 radical (unpaired) electrons. The lowest BCUT2D eigenvalue weighted by atomic mass is 9.90. The van der Waals surface area contributed by atoms with E-state index in [1.807, 2.05) is 0 Å². The van der Waals surface area contributed by atoms with Crippen molar-refractivity contribution in [2.45, 2.75) is 57.4 Å². The van der Waals surface area contributed by atoms with Crippen molar-refractivity contribution in [2.75, 3.05) is 26.2 Å². The summed E-state index contributed by atoms with van der Waals surface area (Å²) in [5, 5.41) is 3.48. The quantitative estimate of drug-likeness (QED) is 0.850. The number of piperidine rings is 2. The third-order valence-corrected chi connectivity index (χ3v) is 5.39. The van der Waals surface area contributed by atoms with Crippen molar-refractivity contribution >= 4 is 12.4 Å². The molecule has 2 heterocycles. The highest BCUT2D eigenvalue weighted by atomic mass is 35.5. The molecule has 3 heteroatoms. The molecule has 3 rings (SSSR count). The van der Waals surface area contributed by atoms with Crippen molar-refractivity contribution in [3.8, 4) is 0 Å².